The van der Waals surface area contributed by atoms with Crippen LogP contribution in [0.25, 0.3) is 10.9 Å². The van der Waals surface area contributed by atoms with Crippen LogP contribution in [0.1, 0.15) is 25.5 Å². The highest BCUT2D eigenvalue weighted by molar-refractivity contribution is 6.00. The molecule has 3 N–H and O–H groups in total. The highest BCUT2D eigenvalue weighted by Crippen LogP contribution is 2.29. The van der Waals surface area contributed by atoms with Gasteiger partial charge in [0.05, 0.1) is 16.5 Å². The number of amides is 2. The minimum atomic E-state index is -4.43. The lowest BCUT2D eigenvalue weighted by atomic mass is 10.2. The van der Waals surface area contributed by atoms with Gasteiger partial charge in [-0.1, -0.05) is 0 Å². The zero-order valence-corrected chi connectivity index (χ0v) is 14.5. The van der Waals surface area contributed by atoms with E-state index >= 15 is 0 Å². The monoisotopic (exact) mass is 378 g/mol. The van der Waals surface area contributed by atoms with E-state index in [0.717, 1.165) is 12.1 Å². The third-order valence-electron chi connectivity index (χ3n) is 3.97. The molecule has 0 fully saturated rings. The molecule has 0 aliphatic heterocycles. The molecule has 2 amide bonds. The van der Waals surface area contributed by atoms with Gasteiger partial charge in [0.2, 0.25) is 0 Å². The summed E-state index contributed by atoms with van der Waals surface area (Å²) in [6.45, 7) is 3.86. The number of anilines is 2. The number of aromatic amines is 1. The molecule has 0 radical (unpaired) electrons. The molecule has 27 heavy (non-hydrogen) atoms. The Morgan fingerprint density at radius 3 is 2.22 bits per heavy atom. The summed E-state index contributed by atoms with van der Waals surface area (Å²) < 4.78 is 39.4. The fourth-order valence-electron chi connectivity index (χ4n) is 2.68. The largest absolute Gasteiger partial charge is 0.416 e. The molecular formula is C18H17F3N4O2. The van der Waals surface area contributed by atoms with Crippen LogP contribution in [0.5, 0.6) is 0 Å². The molecule has 0 spiro atoms. The maximum Gasteiger partial charge on any atom is 0.416 e. The molecule has 3 rings (SSSR count). The van der Waals surface area contributed by atoms with Crippen molar-refractivity contribution in [3.05, 3.63) is 58.4 Å². The van der Waals surface area contributed by atoms with Gasteiger partial charge in [-0.25, -0.2) is 4.79 Å². The minimum Gasteiger partial charge on any atom is -0.308 e. The van der Waals surface area contributed by atoms with E-state index in [0.29, 0.717) is 16.6 Å². The van der Waals surface area contributed by atoms with Gasteiger partial charge in [0.25, 0.3) is 5.56 Å². The molecule has 142 valence electrons. The molecule has 3 aromatic rings. The van der Waals surface area contributed by atoms with Crippen LogP contribution in [0, 0.1) is 0 Å². The van der Waals surface area contributed by atoms with Crippen molar-refractivity contribution in [1.82, 2.24) is 9.78 Å². The second kappa shape index (κ2) is 6.82. The zero-order valence-electron chi connectivity index (χ0n) is 14.5. The van der Waals surface area contributed by atoms with Gasteiger partial charge in [0.15, 0.2) is 0 Å². The number of nitrogens with zero attached hydrogens (tertiary/aromatic N) is 1. The fraction of sp³-hybridized carbons (Fsp3) is 0.222. The lowest BCUT2D eigenvalue weighted by molar-refractivity contribution is -0.137. The molecule has 6 nitrogen and oxygen atoms in total. The molecular weight excluding hydrogens is 361 g/mol. The summed E-state index contributed by atoms with van der Waals surface area (Å²) >= 11 is 0. The maximum absolute atomic E-state index is 12.6. The maximum atomic E-state index is 12.6. The van der Waals surface area contributed by atoms with Crippen LogP contribution < -0.4 is 16.2 Å². The van der Waals surface area contributed by atoms with Crippen LogP contribution in [-0.2, 0) is 6.18 Å². The van der Waals surface area contributed by atoms with Crippen LogP contribution in [0.2, 0.25) is 0 Å². The molecule has 0 atom stereocenters. The minimum absolute atomic E-state index is 0.0666. The first-order chi connectivity index (χ1) is 12.6. The number of hydrogen-bond donors (Lipinski definition) is 3. The smallest absolute Gasteiger partial charge is 0.308 e. The van der Waals surface area contributed by atoms with E-state index < -0.39 is 17.8 Å². The van der Waals surface area contributed by atoms with Crippen molar-refractivity contribution in [1.29, 1.82) is 0 Å². The Hall–Kier alpha value is -3.23. The molecule has 1 aromatic heterocycles. The number of carbonyl (C=O) groups is 1. The Morgan fingerprint density at radius 1 is 1.04 bits per heavy atom. The van der Waals surface area contributed by atoms with Gasteiger partial charge in [0, 0.05) is 17.4 Å². The molecule has 0 bridgehead atoms. The summed E-state index contributed by atoms with van der Waals surface area (Å²) in [6, 6.07) is 8.43. The Morgan fingerprint density at radius 2 is 1.63 bits per heavy atom. The van der Waals surface area contributed by atoms with Crippen LogP contribution in [-0.4, -0.2) is 15.8 Å². The first-order valence-electron chi connectivity index (χ1n) is 8.14. The Balaban J connectivity index is 1.74. The molecule has 0 aliphatic carbocycles. The molecule has 0 saturated carbocycles. The number of aromatic nitrogens is 2. The van der Waals surface area contributed by atoms with Crippen molar-refractivity contribution in [2.24, 2.45) is 0 Å². The number of fused-ring (bicyclic) bond motifs is 1. The van der Waals surface area contributed by atoms with E-state index in [1.54, 1.807) is 22.9 Å². The normalized spacial score (nSPS) is 11.8. The van der Waals surface area contributed by atoms with Gasteiger partial charge in [-0.05, 0) is 56.3 Å². The summed E-state index contributed by atoms with van der Waals surface area (Å²) in [6.07, 6.45) is -4.43. The highest BCUT2D eigenvalue weighted by Gasteiger charge is 2.29. The van der Waals surface area contributed by atoms with Crippen molar-refractivity contribution >= 4 is 28.3 Å². The van der Waals surface area contributed by atoms with Gasteiger partial charge in [-0.15, -0.1) is 0 Å². The third-order valence-corrected chi connectivity index (χ3v) is 3.97. The number of urea groups is 1. The number of hydrogen-bond acceptors (Lipinski definition) is 2. The van der Waals surface area contributed by atoms with Crippen molar-refractivity contribution < 1.29 is 18.0 Å². The standard InChI is InChI=1S/C18H17F3N4O2/c1-10(2)25-15-8-7-13(9-14(15)16(26)24-25)23-17(27)22-12-5-3-11(4-6-12)18(19,20)21/h3-10H,1-2H3,(H,24,26)(H2,22,23,27). The molecule has 0 aliphatic rings. The molecule has 2 aromatic carbocycles. The van der Waals surface area contributed by atoms with Gasteiger partial charge in [-0.3, -0.25) is 14.6 Å². The number of carbonyl (C=O) groups excluding carboxylic acids is 1. The predicted octanol–water partition coefficient (Wildman–Crippen LogP) is 4.57. The van der Waals surface area contributed by atoms with Gasteiger partial charge in [0.1, 0.15) is 0 Å². The highest BCUT2D eigenvalue weighted by atomic mass is 19.4. The molecule has 0 saturated heterocycles. The first-order valence-corrected chi connectivity index (χ1v) is 8.14. The number of rotatable bonds is 3. The predicted molar refractivity (Wildman–Crippen MR) is 97.0 cm³/mol. The summed E-state index contributed by atoms with van der Waals surface area (Å²) in [5.74, 6) is 0. The number of benzene rings is 2. The topological polar surface area (TPSA) is 78.9 Å². The average Bonchev–Trinajstić information content (AvgIpc) is 2.91. The first kappa shape index (κ1) is 18.6. The Labute approximate surface area is 152 Å². The third kappa shape index (κ3) is 3.97. The van der Waals surface area contributed by atoms with Crippen molar-refractivity contribution in [2.75, 3.05) is 10.6 Å². The SMILES string of the molecule is CC(C)n1[nH]c(=O)c2cc(NC(=O)Nc3ccc(C(F)(F)F)cc3)ccc21. The fourth-order valence-corrected chi connectivity index (χ4v) is 2.68. The zero-order chi connectivity index (χ0) is 19.8. The van der Waals surface area contributed by atoms with E-state index in [2.05, 4.69) is 15.7 Å². The van der Waals surface area contributed by atoms with Crippen LogP contribution in [0.4, 0.5) is 29.3 Å². The second-order valence-electron chi connectivity index (χ2n) is 6.29. The van der Waals surface area contributed by atoms with Crippen LogP contribution in [0.15, 0.2) is 47.3 Å². The second-order valence-corrected chi connectivity index (χ2v) is 6.29. The van der Waals surface area contributed by atoms with E-state index in [9.17, 15) is 22.8 Å². The summed E-state index contributed by atoms with van der Waals surface area (Å²) in [5, 5.41) is 8.16. The van der Waals surface area contributed by atoms with Crippen LogP contribution in [0.3, 0.4) is 0 Å². The Bertz CT molecular complexity index is 1030. The molecule has 1 heterocycles. The number of alkyl halides is 3. The van der Waals surface area contributed by atoms with Gasteiger partial charge < -0.3 is 10.6 Å². The summed E-state index contributed by atoms with van der Waals surface area (Å²) in [7, 11) is 0. The van der Waals surface area contributed by atoms with E-state index in [1.807, 2.05) is 13.8 Å². The van der Waals surface area contributed by atoms with Crippen molar-refractivity contribution in [2.45, 2.75) is 26.1 Å². The summed E-state index contributed by atoms with van der Waals surface area (Å²) in [4.78, 5) is 24.1. The average molecular weight is 378 g/mol. The number of nitrogens with one attached hydrogen (secondary N) is 3. The lowest BCUT2D eigenvalue weighted by Gasteiger charge is -2.11. The van der Waals surface area contributed by atoms with Gasteiger partial charge >= 0.3 is 12.2 Å². The molecule has 0 unspecified atom stereocenters. The van der Waals surface area contributed by atoms with Crippen molar-refractivity contribution in [3.8, 4) is 0 Å². The number of halogens is 3. The lowest BCUT2D eigenvalue weighted by Crippen LogP contribution is -2.19. The van der Waals surface area contributed by atoms with E-state index in [-0.39, 0.29) is 17.3 Å². The molecule has 9 heteroatoms. The van der Waals surface area contributed by atoms with Gasteiger partial charge in [-0.2, -0.15) is 13.2 Å². The Kier molecular flexibility index (Phi) is 4.69. The van der Waals surface area contributed by atoms with Crippen LogP contribution >= 0.6 is 0 Å². The van der Waals surface area contributed by atoms with Crippen molar-refractivity contribution in [3.63, 3.8) is 0 Å². The quantitative estimate of drug-likeness (QED) is 0.624. The van der Waals surface area contributed by atoms with E-state index in [1.165, 1.54) is 12.1 Å². The van der Waals surface area contributed by atoms with E-state index in [4.69, 9.17) is 0 Å². The number of H-pyrrole nitrogens is 1. The summed E-state index contributed by atoms with van der Waals surface area (Å²) in [5.41, 5.74) is 0.242.